The molecular formula is C11H15NO. The third-order valence-corrected chi connectivity index (χ3v) is 1.85. The first-order valence-electron chi connectivity index (χ1n) is 4.27. The van der Waals surface area contributed by atoms with Crippen LogP contribution in [-0.2, 0) is 0 Å². The molecule has 0 atom stereocenters. The van der Waals surface area contributed by atoms with Gasteiger partial charge < -0.3 is 9.64 Å². The molecular weight excluding hydrogens is 162 g/mol. The summed E-state index contributed by atoms with van der Waals surface area (Å²) in [6.07, 6.45) is 4.02. The normalized spacial score (nSPS) is 10.4. The SMILES string of the molecule is C/C=C/N(C)c1ccc(OC)cc1. The molecule has 0 heterocycles. The van der Waals surface area contributed by atoms with Crippen molar-refractivity contribution < 1.29 is 4.74 Å². The van der Waals surface area contributed by atoms with E-state index < -0.39 is 0 Å². The lowest BCUT2D eigenvalue weighted by Gasteiger charge is -2.13. The fourth-order valence-corrected chi connectivity index (χ4v) is 1.13. The van der Waals surface area contributed by atoms with Gasteiger partial charge in [0.1, 0.15) is 5.75 Å². The number of benzene rings is 1. The van der Waals surface area contributed by atoms with Gasteiger partial charge in [0.05, 0.1) is 7.11 Å². The van der Waals surface area contributed by atoms with Crippen molar-refractivity contribution in [2.45, 2.75) is 6.92 Å². The highest BCUT2D eigenvalue weighted by Crippen LogP contribution is 2.17. The summed E-state index contributed by atoms with van der Waals surface area (Å²) in [6, 6.07) is 7.96. The molecule has 0 bridgehead atoms. The van der Waals surface area contributed by atoms with E-state index in [1.165, 1.54) is 0 Å². The van der Waals surface area contributed by atoms with Gasteiger partial charge in [-0.2, -0.15) is 0 Å². The molecule has 1 aromatic carbocycles. The van der Waals surface area contributed by atoms with Crippen molar-refractivity contribution in [2.24, 2.45) is 0 Å². The summed E-state index contributed by atoms with van der Waals surface area (Å²) in [5.74, 6) is 0.887. The van der Waals surface area contributed by atoms with Gasteiger partial charge in [-0.05, 0) is 37.4 Å². The summed E-state index contributed by atoms with van der Waals surface area (Å²) < 4.78 is 5.07. The zero-order valence-electron chi connectivity index (χ0n) is 8.32. The molecule has 0 unspecified atom stereocenters. The first-order chi connectivity index (χ1) is 6.27. The van der Waals surface area contributed by atoms with Gasteiger partial charge in [0.2, 0.25) is 0 Å². The fourth-order valence-electron chi connectivity index (χ4n) is 1.13. The third-order valence-electron chi connectivity index (χ3n) is 1.85. The van der Waals surface area contributed by atoms with Gasteiger partial charge >= 0.3 is 0 Å². The van der Waals surface area contributed by atoms with Gasteiger partial charge in [-0.15, -0.1) is 0 Å². The average Bonchev–Trinajstić information content (AvgIpc) is 2.18. The lowest BCUT2D eigenvalue weighted by Crippen LogP contribution is -2.06. The van der Waals surface area contributed by atoms with Gasteiger partial charge in [0, 0.05) is 12.7 Å². The second-order valence-corrected chi connectivity index (χ2v) is 2.79. The van der Waals surface area contributed by atoms with Gasteiger partial charge in [-0.1, -0.05) is 6.08 Å². The van der Waals surface area contributed by atoms with Crippen LogP contribution in [0.2, 0.25) is 0 Å². The number of anilines is 1. The van der Waals surface area contributed by atoms with Crippen molar-refractivity contribution in [3.63, 3.8) is 0 Å². The highest BCUT2D eigenvalue weighted by molar-refractivity contribution is 5.50. The van der Waals surface area contributed by atoms with Crippen LogP contribution in [-0.4, -0.2) is 14.2 Å². The Morgan fingerprint density at radius 2 is 1.85 bits per heavy atom. The van der Waals surface area contributed by atoms with Gasteiger partial charge in [0.15, 0.2) is 0 Å². The Bertz CT molecular complexity index is 277. The average molecular weight is 177 g/mol. The van der Waals surface area contributed by atoms with Crippen LogP contribution in [0.15, 0.2) is 36.5 Å². The van der Waals surface area contributed by atoms with Gasteiger partial charge in [0.25, 0.3) is 0 Å². The first-order valence-corrected chi connectivity index (χ1v) is 4.27. The Hall–Kier alpha value is -1.44. The van der Waals surface area contributed by atoms with E-state index in [-0.39, 0.29) is 0 Å². The standard InChI is InChI=1S/C11H15NO/c1-4-9-12(2)10-5-7-11(13-3)8-6-10/h4-9H,1-3H3/b9-4+. The van der Waals surface area contributed by atoms with E-state index in [0.29, 0.717) is 0 Å². The maximum absolute atomic E-state index is 5.07. The number of hydrogen-bond acceptors (Lipinski definition) is 2. The van der Waals surface area contributed by atoms with Gasteiger partial charge in [-0.25, -0.2) is 0 Å². The number of ether oxygens (including phenoxy) is 1. The minimum absolute atomic E-state index is 0.887. The molecule has 0 amide bonds. The van der Waals surface area contributed by atoms with E-state index in [1.54, 1.807) is 7.11 Å². The number of rotatable bonds is 3. The predicted octanol–water partition coefficient (Wildman–Crippen LogP) is 2.67. The number of allylic oxidation sites excluding steroid dienone is 1. The molecule has 0 aliphatic heterocycles. The fraction of sp³-hybridized carbons (Fsp3) is 0.273. The summed E-state index contributed by atoms with van der Waals surface area (Å²) in [5.41, 5.74) is 1.15. The predicted molar refractivity (Wildman–Crippen MR) is 56.2 cm³/mol. The molecule has 13 heavy (non-hydrogen) atoms. The molecule has 0 aliphatic carbocycles. The van der Waals surface area contributed by atoms with Crippen LogP contribution in [0.4, 0.5) is 5.69 Å². The molecule has 1 rings (SSSR count). The topological polar surface area (TPSA) is 12.5 Å². The van der Waals surface area contributed by atoms with Crippen LogP contribution in [0.3, 0.4) is 0 Å². The van der Waals surface area contributed by atoms with Crippen LogP contribution in [0, 0.1) is 0 Å². The summed E-state index contributed by atoms with van der Waals surface area (Å²) in [7, 11) is 3.69. The summed E-state index contributed by atoms with van der Waals surface area (Å²) >= 11 is 0. The monoisotopic (exact) mass is 177 g/mol. The van der Waals surface area contributed by atoms with E-state index in [4.69, 9.17) is 4.74 Å². The maximum Gasteiger partial charge on any atom is 0.119 e. The van der Waals surface area contributed by atoms with Crippen molar-refractivity contribution in [1.82, 2.24) is 0 Å². The van der Waals surface area contributed by atoms with E-state index in [1.807, 2.05) is 50.5 Å². The van der Waals surface area contributed by atoms with Crippen molar-refractivity contribution in [3.8, 4) is 5.75 Å². The van der Waals surface area contributed by atoms with Crippen molar-refractivity contribution in [1.29, 1.82) is 0 Å². The zero-order valence-corrected chi connectivity index (χ0v) is 8.32. The smallest absolute Gasteiger partial charge is 0.119 e. The number of methoxy groups -OCH3 is 1. The van der Waals surface area contributed by atoms with Gasteiger partial charge in [-0.3, -0.25) is 0 Å². The molecule has 70 valence electrons. The summed E-state index contributed by atoms with van der Waals surface area (Å²) in [6.45, 7) is 2.00. The van der Waals surface area contributed by atoms with Crippen LogP contribution in [0.1, 0.15) is 6.92 Å². The van der Waals surface area contributed by atoms with Crippen molar-refractivity contribution in [2.75, 3.05) is 19.1 Å². The quantitative estimate of drug-likeness (QED) is 0.703. The van der Waals surface area contributed by atoms with Crippen LogP contribution in [0.5, 0.6) is 5.75 Å². The first kappa shape index (κ1) is 9.65. The molecule has 0 aromatic heterocycles. The molecule has 2 nitrogen and oxygen atoms in total. The van der Waals surface area contributed by atoms with Crippen molar-refractivity contribution in [3.05, 3.63) is 36.5 Å². The highest BCUT2D eigenvalue weighted by Gasteiger charge is 1.95. The third kappa shape index (κ3) is 2.51. The Balaban J connectivity index is 2.79. The van der Waals surface area contributed by atoms with E-state index in [2.05, 4.69) is 4.90 Å². The van der Waals surface area contributed by atoms with Crippen LogP contribution >= 0.6 is 0 Å². The van der Waals surface area contributed by atoms with Crippen molar-refractivity contribution >= 4 is 5.69 Å². The maximum atomic E-state index is 5.07. The molecule has 1 aromatic rings. The zero-order chi connectivity index (χ0) is 9.68. The van der Waals surface area contributed by atoms with E-state index in [9.17, 15) is 0 Å². The molecule has 0 saturated carbocycles. The largest absolute Gasteiger partial charge is 0.497 e. The minimum atomic E-state index is 0.887. The second-order valence-electron chi connectivity index (χ2n) is 2.79. The molecule has 0 fully saturated rings. The summed E-state index contributed by atoms with van der Waals surface area (Å²) in [5, 5.41) is 0. The Kier molecular flexibility index (Phi) is 3.38. The lowest BCUT2D eigenvalue weighted by atomic mass is 10.3. The van der Waals surface area contributed by atoms with E-state index in [0.717, 1.165) is 11.4 Å². The molecule has 0 spiro atoms. The Morgan fingerprint density at radius 3 is 2.31 bits per heavy atom. The van der Waals surface area contributed by atoms with Crippen LogP contribution < -0.4 is 9.64 Å². The molecule has 2 heteroatoms. The lowest BCUT2D eigenvalue weighted by molar-refractivity contribution is 0.415. The van der Waals surface area contributed by atoms with E-state index >= 15 is 0 Å². The molecule has 0 aliphatic rings. The second kappa shape index (κ2) is 4.55. The highest BCUT2D eigenvalue weighted by atomic mass is 16.5. The Labute approximate surface area is 79.4 Å². The van der Waals surface area contributed by atoms with Crippen LogP contribution in [0.25, 0.3) is 0 Å². The summed E-state index contributed by atoms with van der Waals surface area (Å²) in [4.78, 5) is 2.06. The Morgan fingerprint density at radius 1 is 1.23 bits per heavy atom. The molecule has 0 saturated heterocycles. The molecule has 0 N–H and O–H groups in total. The molecule has 0 radical (unpaired) electrons. The number of hydrogen-bond donors (Lipinski definition) is 0. The minimum Gasteiger partial charge on any atom is -0.497 e. The number of nitrogens with zero attached hydrogens (tertiary/aromatic N) is 1.